The van der Waals surface area contributed by atoms with Crippen LogP contribution in [0.1, 0.15) is 16.8 Å². The van der Waals surface area contributed by atoms with Crippen molar-refractivity contribution in [2.75, 3.05) is 11.4 Å². The SMILES string of the molecule is O=C(N[C@@H]1CC(=O)N(c2ccccc2)C1)c1c(F)cccc1F. The average Bonchev–Trinajstić information content (AvgIpc) is 2.88. The highest BCUT2D eigenvalue weighted by Crippen LogP contribution is 2.21. The Morgan fingerprint density at radius 3 is 2.35 bits per heavy atom. The van der Waals surface area contributed by atoms with Crippen LogP contribution in [0.4, 0.5) is 14.5 Å². The van der Waals surface area contributed by atoms with Crippen LogP contribution < -0.4 is 10.2 Å². The van der Waals surface area contributed by atoms with E-state index in [0.717, 1.165) is 17.8 Å². The molecule has 0 bridgehead atoms. The molecule has 0 aromatic heterocycles. The van der Waals surface area contributed by atoms with Crippen molar-refractivity contribution < 1.29 is 18.4 Å². The Bertz CT molecular complexity index is 729. The van der Waals surface area contributed by atoms with Gasteiger partial charge in [0.25, 0.3) is 5.91 Å². The summed E-state index contributed by atoms with van der Waals surface area (Å²) >= 11 is 0. The lowest BCUT2D eigenvalue weighted by Gasteiger charge is -2.17. The fourth-order valence-electron chi connectivity index (χ4n) is 2.63. The minimum Gasteiger partial charge on any atom is -0.347 e. The van der Waals surface area contributed by atoms with Crippen LogP contribution >= 0.6 is 0 Å². The number of benzene rings is 2. The number of anilines is 1. The highest BCUT2D eigenvalue weighted by molar-refractivity contribution is 5.99. The number of rotatable bonds is 3. The summed E-state index contributed by atoms with van der Waals surface area (Å²) in [5.41, 5.74) is 0.101. The molecule has 1 aliphatic rings. The molecule has 2 amide bonds. The van der Waals surface area contributed by atoms with Crippen molar-refractivity contribution in [2.45, 2.75) is 12.5 Å². The lowest BCUT2D eigenvalue weighted by atomic mass is 10.1. The fourth-order valence-corrected chi connectivity index (χ4v) is 2.63. The lowest BCUT2D eigenvalue weighted by Crippen LogP contribution is -2.38. The molecule has 4 nitrogen and oxygen atoms in total. The number of nitrogens with zero attached hydrogens (tertiary/aromatic N) is 1. The van der Waals surface area contributed by atoms with Crippen LogP contribution in [-0.2, 0) is 4.79 Å². The topological polar surface area (TPSA) is 49.4 Å². The molecule has 0 saturated carbocycles. The number of amides is 2. The van der Waals surface area contributed by atoms with E-state index in [9.17, 15) is 18.4 Å². The van der Waals surface area contributed by atoms with Crippen molar-refractivity contribution in [3.63, 3.8) is 0 Å². The van der Waals surface area contributed by atoms with Gasteiger partial charge < -0.3 is 10.2 Å². The summed E-state index contributed by atoms with van der Waals surface area (Å²) in [6, 6.07) is 11.8. The number of carbonyl (C=O) groups is 2. The molecule has 118 valence electrons. The highest BCUT2D eigenvalue weighted by atomic mass is 19.1. The Balaban J connectivity index is 1.73. The molecule has 2 aromatic carbocycles. The van der Waals surface area contributed by atoms with Gasteiger partial charge in [0.05, 0.1) is 6.04 Å². The van der Waals surface area contributed by atoms with E-state index in [0.29, 0.717) is 0 Å². The van der Waals surface area contributed by atoms with Gasteiger partial charge in [0.1, 0.15) is 17.2 Å². The summed E-state index contributed by atoms with van der Waals surface area (Å²) in [4.78, 5) is 25.7. The summed E-state index contributed by atoms with van der Waals surface area (Å²) in [6.45, 7) is 0.269. The Labute approximate surface area is 131 Å². The minimum absolute atomic E-state index is 0.0940. The van der Waals surface area contributed by atoms with Gasteiger partial charge in [-0.05, 0) is 24.3 Å². The third kappa shape index (κ3) is 3.06. The van der Waals surface area contributed by atoms with Crippen molar-refractivity contribution in [2.24, 2.45) is 0 Å². The van der Waals surface area contributed by atoms with Crippen LogP contribution in [0.15, 0.2) is 48.5 Å². The Morgan fingerprint density at radius 2 is 1.70 bits per heavy atom. The van der Waals surface area contributed by atoms with Gasteiger partial charge in [-0.3, -0.25) is 9.59 Å². The number of halogens is 2. The first kappa shape index (κ1) is 15.1. The highest BCUT2D eigenvalue weighted by Gasteiger charge is 2.32. The van der Waals surface area contributed by atoms with Crippen LogP contribution in [-0.4, -0.2) is 24.4 Å². The number of hydrogen-bond acceptors (Lipinski definition) is 2. The molecule has 0 aliphatic carbocycles. The van der Waals surface area contributed by atoms with Gasteiger partial charge in [0.2, 0.25) is 5.91 Å². The monoisotopic (exact) mass is 316 g/mol. The summed E-state index contributed by atoms with van der Waals surface area (Å²) in [5.74, 6) is -2.85. The van der Waals surface area contributed by atoms with Crippen molar-refractivity contribution in [1.82, 2.24) is 5.32 Å². The molecule has 23 heavy (non-hydrogen) atoms. The molecule has 1 N–H and O–H groups in total. The third-order valence-electron chi connectivity index (χ3n) is 3.72. The molecular weight excluding hydrogens is 302 g/mol. The standard InChI is InChI=1S/C17H14F2N2O2/c18-13-7-4-8-14(19)16(13)17(23)20-11-9-15(22)21(10-11)12-5-2-1-3-6-12/h1-8,11H,9-10H2,(H,20,23)/t11-/m1/s1. The van der Waals surface area contributed by atoms with E-state index in [1.165, 1.54) is 6.07 Å². The van der Waals surface area contributed by atoms with Gasteiger partial charge >= 0.3 is 0 Å². The van der Waals surface area contributed by atoms with Crippen LogP contribution in [0.3, 0.4) is 0 Å². The smallest absolute Gasteiger partial charge is 0.257 e. The molecule has 1 heterocycles. The second kappa shape index (κ2) is 6.16. The van der Waals surface area contributed by atoms with Crippen LogP contribution in [0.5, 0.6) is 0 Å². The van der Waals surface area contributed by atoms with Crippen molar-refractivity contribution >= 4 is 17.5 Å². The largest absolute Gasteiger partial charge is 0.347 e. The Hall–Kier alpha value is -2.76. The van der Waals surface area contributed by atoms with Gasteiger partial charge in [-0.2, -0.15) is 0 Å². The third-order valence-corrected chi connectivity index (χ3v) is 3.72. The Morgan fingerprint density at radius 1 is 1.04 bits per heavy atom. The van der Waals surface area contributed by atoms with Gasteiger partial charge in [-0.1, -0.05) is 24.3 Å². The van der Waals surface area contributed by atoms with E-state index in [4.69, 9.17) is 0 Å². The predicted molar refractivity (Wildman–Crippen MR) is 81.0 cm³/mol. The molecule has 1 saturated heterocycles. The van der Waals surface area contributed by atoms with Crippen LogP contribution in [0.2, 0.25) is 0 Å². The van der Waals surface area contributed by atoms with Gasteiger partial charge in [-0.25, -0.2) is 8.78 Å². The maximum Gasteiger partial charge on any atom is 0.257 e. The first-order valence-electron chi connectivity index (χ1n) is 7.16. The molecule has 1 aliphatic heterocycles. The molecule has 6 heteroatoms. The summed E-state index contributed by atoms with van der Waals surface area (Å²) in [5, 5.41) is 2.53. The average molecular weight is 316 g/mol. The fraction of sp³-hybridized carbons (Fsp3) is 0.176. The summed E-state index contributed by atoms with van der Waals surface area (Å²) in [6.07, 6.45) is 0.0940. The van der Waals surface area contributed by atoms with E-state index < -0.39 is 29.1 Å². The zero-order valence-electron chi connectivity index (χ0n) is 12.1. The van der Waals surface area contributed by atoms with Crippen LogP contribution in [0, 0.1) is 11.6 Å². The molecule has 3 rings (SSSR count). The van der Waals surface area contributed by atoms with E-state index in [1.54, 1.807) is 17.0 Å². The van der Waals surface area contributed by atoms with Crippen molar-refractivity contribution in [3.05, 3.63) is 65.7 Å². The Kier molecular flexibility index (Phi) is 4.06. The summed E-state index contributed by atoms with van der Waals surface area (Å²) in [7, 11) is 0. The first-order valence-corrected chi connectivity index (χ1v) is 7.16. The van der Waals surface area contributed by atoms with Gasteiger partial charge in [0, 0.05) is 18.7 Å². The zero-order chi connectivity index (χ0) is 16.4. The molecule has 0 spiro atoms. The van der Waals surface area contributed by atoms with E-state index in [-0.39, 0.29) is 18.9 Å². The molecule has 1 fully saturated rings. The number of hydrogen-bond donors (Lipinski definition) is 1. The molecular formula is C17H14F2N2O2. The second-order valence-corrected chi connectivity index (χ2v) is 5.31. The van der Waals surface area contributed by atoms with Crippen LogP contribution in [0.25, 0.3) is 0 Å². The number of carbonyl (C=O) groups excluding carboxylic acids is 2. The molecule has 1 atom stereocenters. The van der Waals surface area contributed by atoms with E-state index in [1.807, 2.05) is 18.2 Å². The maximum atomic E-state index is 13.6. The predicted octanol–water partition coefficient (Wildman–Crippen LogP) is 2.50. The van der Waals surface area contributed by atoms with E-state index in [2.05, 4.69) is 5.32 Å². The minimum atomic E-state index is -0.924. The van der Waals surface area contributed by atoms with Crippen molar-refractivity contribution in [1.29, 1.82) is 0 Å². The number of para-hydroxylation sites is 1. The molecule has 0 radical (unpaired) electrons. The lowest BCUT2D eigenvalue weighted by molar-refractivity contribution is -0.117. The second-order valence-electron chi connectivity index (χ2n) is 5.31. The normalized spacial score (nSPS) is 17.4. The first-order chi connectivity index (χ1) is 11.1. The van der Waals surface area contributed by atoms with Crippen molar-refractivity contribution in [3.8, 4) is 0 Å². The quantitative estimate of drug-likeness (QED) is 0.946. The zero-order valence-corrected chi connectivity index (χ0v) is 12.1. The number of nitrogens with one attached hydrogen (secondary N) is 1. The van der Waals surface area contributed by atoms with E-state index >= 15 is 0 Å². The molecule has 2 aromatic rings. The maximum absolute atomic E-state index is 13.6. The molecule has 0 unspecified atom stereocenters. The van der Waals surface area contributed by atoms with Gasteiger partial charge in [-0.15, -0.1) is 0 Å². The van der Waals surface area contributed by atoms with Gasteiger partial charge in [0.15, 0.2) is 0 Å². The summed E-state index contributed by atoms with van der Waals surface area (Å²) < 4.78 is 27.2.